The summed E-state index contributed by atoms with van der Waals surface area (Å²) in [5, 5.41) is 13.0. The minimum absolute atomic E-state index is 0.136. The van der Waals surface area contributed by atoms with Gasteiger partial charge in [0.05, 0.1) is 11.7 Å². The summed E-state index contributed by atoms with van der Waals surface area (Å²) in [4.78, 5) is 12.0. The lowest BCUT2D eigenvalue weighted by atomic mass is 9.96. The van der Waals surface area contributed by atoms with Gasteiger partial charge < -0.3 is 26.6 Å². The monoisotopic (exact) mass is 265 g/mol. The van der Waals surface area contributed by atoms with Gasteiger partial charge in [0.2, 0.25) is 0 Å². The standard InChI is InChI=1S/C13H19N3O3/c1-8-13(18,4-5-19-8)7-16-12(17)10-3-2-9(14)6-11(10)15/h2-3,6,8,18H,4-5,7,14-15H2,1H3,(H,16,17). The van der Waals surface area contributed by atoms with Crippen LogP contribution in [0, 0.1) is 0 Å². The van der Waals surface area contributed by atoms with E-state index in [1.165, 1.54) is 6.07 Å². The topological polar surface area (TPSA) is 111 Å². The third kappa shape index (κ3) is 2.80. The van der Waals surface area contributed by atoms with Crippen molar-refractivity contribution in [3.8, 4) is 0 Å². The van der Waals surface area contributed by atoms with Gasteiger partial charge in [-0.05, 0) is 25.1 Å². The van der Waals surface area contributed by atoms with E-state index in [2.05, 4.69) is 5.32 Å². The first-order chi connectivity index (χ1) is 8.92. The second kappa shape index (κ2) is 5.07. The van der Waals surface area contributed by atoms with E-state index < -0.39 is 5.60 Å². The molecule has 0 bridgehead atoms. The molecule has 1 saturated heterocycles. The van der Waals surface area contributed by atoms with Crippen molar-refractivity contribution in [3.63, 3.8) is 0 Å². The maximum atomic E-state index is 12.0. The van der Waals surface area contributed by atoms with Crippen LogP contribution in [0.2, 0.25) is 0 Å². The Morgan fingerprint density at radius 1 is 1.58 bits per heavy atom. The Morgan fingerprint density at radius 3 is 2.89 bits per heavy atom. The molecule has 104 valence electrons. The highest BCUT2D eigenvalue weighted by atomic mass is 16.5. The quantitative estimate of drug-likeness (QED) is 0.580. The van der Waals surface area contributed by atoms with Crippen molar-refractivity contribution in [1.29, 1.82) is 0 Å². The van der Waals surface area contributed by atoms with Gasteiger partial charge in [-0.25, -0.2) is 0 Å². The fourth-order valence-corrected chi connectivity index (χ4v) is 2.12. The number of anilines is 2. The molecule has 2 rings (SSSR count). The molecule has 19 heavy (non-hydrogen) atoms. The van der Waals surface area contributed by atoms with Crippen LogP contribution in [0.25, 0.3) is 0 Å². The van der Waals surface area contributed by atoms with Crippen molar-refractivity contribution in [1.82, 2.24) is 5.32 Å². The third-order valence-electron chi connectivity index (χ3n) is 3.53. The normalized spacial score (nSPS) is 26.3. The fraction of sp³-hybridized carbons (Fsp3) is 0.462. The first kappa shape index (κ1) is 13.6. The van der Waals surface area contributed by atoms with Gasteiger partial charge in [0.25, 0.3) is 5.91 Å². The van der Waals surface area contributed by atoms with Gasteiger partial charge in [0, 0.05) is 30.9 Å². The molecule has 2 unspecified atom stereocenters. The molecule has 6 nitrogen and oxygen atoms in total. The number of rotatable bonds is 3. The van der Waals surface area contributed by atoms with Crippen molar-refractivity contribution < 1.29 is 14.6 Å². The van der Waals surface area contributed by atoms with Crippen LogP contribution < -0.4 is 16.8 Å². The smallest absolute Gasteiger partial charge is 0.253 e. The zero-order valence-electron chi connectivity index (χ0n) is 10.8. The highest BCUT2D eigenvalue weighted by molar-refractivity contribution is 5.99. The zero-order valence-corrected chi connectivity index (χ0v) is 10.8. The molecule has 6 N–H and O–H groups in total. The Morgan fingerprint density at radius 2 is 2.32 bits per heavy atom. The summed E-state index contributed by atoms with van der Waals surface area (Å²) in [6, 6.07) is 4.71. The van der Waals surface area contributed by atoms with Gasteiger partial charge >= 0.3 is 0 Å². The lowest BCUT2D eigenvalue weighted by Crippen LogP contribution is -2.47. The summed E-state index contributed by atoms with van der Waals surface area (Å²) in [6.45, 7) is 2.42. The van der Waals surface area contributed by atoms with Gasteiger partial charge in [0.1, 0.15) is 5.60 Å². The minimum atomic E-state index is -1.02. The summed E-state index contributed by atoms with van der Waals surface area (Å²) < 4.78 is 5.30. The maximum absolute atomic E-state index is 12.0. The van der Waals surface area contributed by atoms with Gasteiger partial charge in [0.15, 0.2) is 0 Å². The van der Waals surface area contributed by atoms with Crippen molar-refractivity contribution >= 4 is 17.3 Å². The summed E-state index contributed by atoms with van der Waals surface area (Å²) >= 11 is 0. The van der Waals surface area contributed by atoms with Gasteiger partial charge in [-0.2, -0.15) is 0 Å². The number of carbonyl (C=O) groups excluding carboxylic acids is 1. The Bertz CT molecular complexity index is 492. The number of nitrogens with one attached hydrogen (secondary N) is 1. The molecule has 1 aromatic rings. The van der Waals surface area contributed by atoms with Crippen molar-refractivity contribution in [2.75, 3.05) is 24.6 Å². The molecule has 1 aliphatic rings. The molecule has 2 atom stereocenters. The lowest BCUT2D eigenvalue weighted by molar-refractivity contribution is -0.0251. The van der Waals surface area contributed by atoms with Crippen LogP contribution in [-0.4, -0.2) is 35.9 Å². The number of hydrogen-bond acceptors (Lipinski definition) is 5. The Balaban J connectivity index is 2.02. The van der Waals surface area contributed by atoms with E-state index in [-0.39, 0.29) is 18.6 Å². The maximum Gasteiger partial charge on any atom is 0.253 e. The van der Waals surface area contributed by atoms with Crippen LogP contribution in [0.4, 0.5) is 11.4 Å². The molecule has 1 aromatic carbocycles. The predicted octanol–water partition coefficient (Wildman–Crippen LogP) is 0.121. The average molecular weight is 265 g/mol. The van der Waals surface area contributed by atoms with Crippen LogP contribution in [0.3, 0.4) is 0 Å². The SMILES string of the molecule is CC1OCCC1(O)CNC(=O)c1ccc(N)cc1N. The second-order valence-electron chi connectivity index (χ2n) is 4.90. The second-order valence-corrected chi connectivity index (χ2v) is 4.90. The van der Waals surface area contributed by atoms with Gasteiger partial charge in [-0.3, -0.25) is 4.79 Å². The molecule has 1 fully saturated rings. The number of nitrogens with two attached hydrogens (primary N) is 2. The summed E-state index contributed by atoms with van der Waals surface area (Å²) in [6.07, 6.45) is 0.211. The number of nitrogen functional groups attached to an aromatic ring is 2. The summed E-state index contributed by atoms with van der Waals surface area (Å²) in [5.74, 6) is -0.329. The number of hydrogen-bond donors (Lipinski definition) is 4. The molecular weight excluding hydrogens is 246 g/mol. The van der Waals surface area contributed by atoms with Crippen molar-refractivity contribution in [2.45, 2.75) is 25.0 Å². The Hall–Kier alpha value is -1.79. The average Bonchev–Trinajstić information content (AvgIpc) is 2.67. The van der Waals surface area contributed by atoms with Gasteiger partial charge in [-0.15, -0.1) is 0 Å². The number of ether oxygens (including phenoxy) is 1. The molecule has 0 aliphatic carbocycles. The number of aliphatic hydroxyl groups is 1. The molecule has 1 heterocycles. The summed E-state index contributed by atoms with van der Waals surface area (Å²) in [7, 11) is 0. The Kier molecular flexibility index (Phi) is 3.64. The van der Waals surface area contributed by atoms with Crippen LogP contribution in [0.1, 0.15) is 23.7 Å². The largest absolute Gasteiger partial charge is 0.399 e. The van der Waals surface area contributed by atoms with Crippen LogP contribution in [-0.2, 0) is 4.74 Å². The highest BCUT2D eigenvalue weighted by Gasteiger charge is 2.39. The van der Waals surface area contributed by atoms with E-state index >= 15 is 0 Å². The molecule has 6 heteroatoms. The minimum Gasteiger partial charge on any atom is -0.399 e. The van der Waals surface area contributed by atoms with Crippen LogP contribution >= 0.6 is 0 Å². The molecule has 0 saturated carbocycles. The van der Waals surface area contributed by atoms with E-state index in [0.29, 0.717) is 30.0 Å². The molecule has 1 aliphatic heterocycles. The van der Waals surface area contributed by atoms with Crippen LogP contribution in [0.5, 0.6) is 0 Å². The Labute approximate surface area is 111 Å². The third-order valence-corrected chi connectivity index (χ3v) is 3.53. The van der Waals surface area contributed by atoms with E-state index in [1.54, 1.807) is 19.1 Å². The van der Waals surface area contributed by atoms with Crippen molar-refractivity contribution in [2.24, 2.45) is 0 Å². The van der Waals surface area contributed by atoms with E-state index in [1.807, 2.05) is 0 Å². The molecule has 0 aromatic heterocycles. The zero-order chi connectivity index (χ0) is 14.0. The first-order valence-corrected chi connectivity index (χ1v) is 6.19. The van der Waals surface area contributed by atoms with Gasteiger partial charge in [-0.1, -0.05) is 0 Å². The number of carbonyl (C=O) groups is 1. The summed E-state index contributed by atoms with van der Waals surface area (Å²) in [5.41, 5.74) is 11.5. The van der Waals surface area contributed by atoms with Crippen molar-refractivity contribution in [3.05, 3.63) is 23.8 Å². The molecule has 0 spiro atoms. The lowest BCUT2D eigenvalue weighted by Gasteiger charge is -2.26. The predicted molar refractivity (Wildman–Crippen MR) is 72.6 cm³/mol. The highest BCUT2D eigenvalue weighted by Crippen LogP contribution is 2.25. The van der Waals surface area contributed by atoms with E-state index in [9.17, 15) is 9.90 Å². The fourth-order valence-electron chi connectivity index (χ4n) is 2.12. The van der Waals surface area contributed by atoms with Crippen LogP contribution in [0.15, 0.2) is 18.2 Å². The first-order valence-electron chi connectivity index (χ1n) is 6.19. The molecule has 1 amide bonds. The van der Waals surface area contributed by atoms with E-state index in [4.69, 9.17) is 16.2 Å². The van der Waals surface area contributed by atoms with E-state index in [0.717, 1.165) is 0 Å². The molecule has 0 radical (unpaired) electrons. The molecular formula is C13H19N3O3. The number of amides is 1. The number of benzene rings is 1.